The van der Waals surface area contributed by atoms with Crippen molar-refractivity contribution in [2.45, 2.75) is 37.8 Å². The van der Waals surface area contributed by atoms with Gasteiger partial charge in [-0.1, -0.05) is 29.8 Å². The highest BCUT2D eigenvalue weighted by molar-refractivity contribution is 7.16. The zero-order valence-electron chi connectivity index (χ0n) is 12.3. The highest BCUT2D eigenvalue weighted by atomic mass is 35.5. The molecule has 1 aromatic carbocycles. The van der Waals surface area contributed by atoms with Crippen LogP contribution in [0.2, 0.25) is 4.34 Å². The maximum atomic E-state index is 6.00. The lowest BCUT2D eigenvalue weighted by molar-refractivity contribution is 0.266. The van der Waals surface area contributed by atoms with E-state index in [1.807, 2.05) is 18.2 Å². The van der Waals surface area contributed by atoms with Crippen LogP contribution in [0.25, 0.3) is 0 Å². The van der Waals surface area contributed by atoms with E-state index in [4.69, 9.17) is 16.3 Å². The van der Waals surface area contributed by atoms with E-state index in [-0.39, 0.29) is 0 Å². The number of thiophene rings is 1. The minimum atomic E-state index is 0.367. The molecule has 0 aliphatic heterocycles. The Morgan fingerprint density at radius 2 is 2.00 bits per heavy atom. The number of hydrogen-bond acceptors (Lipinski definition) is 3. The van der Waals surface area contributed by atoms with Gasteiger partial charge < -0.3 is 10.1 Å². The minimum absolute atomic E-state index is 0.367. The van der Waals surface area contributed by atoms with Crippen molar-refractivity contribution >= 4 is 22.9 Å². The van der Waals surface area contributed by atoms with Crippen LogP contribution >= 0.6 is 22.9 Å². The summed E-state index contributed by atoms with van der Waals surface area (Å²) in [6.45, 7) is 2.21. The van der Waals surface area contributed by atoms with Gasteiger partial charge in [0.05, 0.1) is 11.4 Å². The molecule has 2 aromatic rings. The molecule has 112 valence electrons. The number of rotatable bonds is 5. The Morgan fingerprint density at radius 1 is 1.24 bits per heavy atom. The second-order valence-corrected chi connectivity index (χ2v) is 7.38. The quantitative estimate of drug-likeness (QED) is 0.836. The molecule has 0 spiro atoms. The van der Waals surface area contributed by atoms with Crippen molar-refractivity contribution in [2.24, 2.45) is 0 Å². The van der Waals surface area contributed by atoms with Crippen LogP contribution in [0.5, 0.6) is 5.75 Å². The summed E-state index contributed by atoms with van der Waals surface area (Å²) in [5, 5.41) is 3.69. The lowest BCUT2D eigenvalue weighted by Crippen LogP contribution is -2.41. The number of hydrogen-bond donors (Lipinski definition) is 1. The predicted octanol–water partition coefficient (Wildman–Crippen LogP) is 5.01. The van der Waals surface area contributed by atoms with Crippen molar-refractivity contribution in [3.05, 3.63) is 51.2 Å². The molecule has 1 unspecified atom stereocenters. The van der Waals surface area contributed by atoms with E-state index in [2.05, 4.69) is 30.4 Å². The average Bonchev–Trinajstić information content (AvgIpc) is 2.89. The summed E-state index contributed by atoms with van der Waals surface area (Å²) in [5.41, 5.74) is 1.34. The van der Waals surface area contributed by atoms with Crippen LogP contribution < -0.4 is 10.1 Å². The molecular weight excluding hydrogens is 302 g/mol. The van der Waals surface area contributed by atoms with E-state index in [1.165, 1.54) is 23.3 Å². The van der Waals surface area contributed by atoms with Gasteiger partial charge in [-0.15, -0.1) is 11.3 Å². The molecule has 1 atom stereocenters. The van der Waals surface area contributed by atoms with Gasteiger partial charge in [0.2, 0.25) is 0 Å². The van der Waals surface area contributed by atoms with Gasteiger partial charge in [0.15, 0.2) is 0 Å². The molecule has 1 aromatic heterocycles. The van der Waals surface area contributed by atoms with Crippen LogP contribution in [-0.2, 0) is 0 Å². The van der Waals surface area contributed by atoms with Crippen molar-refractivity contribution < 1.29 is 4.74 Å². The number of ether oxygens (including phenoxy) is 1. The van der Waals surface area contributed by atoms with Crippen LogP contribution in [0.4, 0.5) is 0 Å². The van der Waals surface area contributed by atoms with Crippen molar-refractivity contribution in [3.63, 3.8) is 0 Å². The molecule has 1 N–H and O–H groups in total. The van der Waals surface area contributed by atoms with E-state index in [9.17, 15) is 0 Å². The molecule has 1 saturated carbocycles. The van der Waals surface area contributed by atoms with Crippen LogP contribution in [-0.4, -0.2) is 13.2 Å². The molecule has 3 rings (SSSR count). The molecule has 1 aliphatic carbocycles. The third kappa shape index (κ3) is 3.25. The van der Waals surface area contributed by atoms with Gasteiger partial charge in [-0.3, -0.25) is 0 Å². The molecule has 0 saturated heterocycles. The molecule has 21 heavy (non-hydrogen) atoms. The second-order valence-electron chi connectivity index (χ2n) is 5.64. The van der Waals surface area contributed by atoms with Gasteiger partial charge in [-0.05, 0) is 49.4 Å². The number of halogens is 1. The average molecular weight is 322 g/mol. The second kappa shape index (κ2) is 6.39. The summed E-state index contributed by atoms with van der Waals surface area (Å²) < 4.78 is 6.32. The lowest BCUT2D eigenvalue weighted by Gasteiger charge is -2.38. The van der Waals surface area contributed by atoms with Crippen LogP contribution in [0.1, 0.15) is 42.2 Å². The van der Waals surface area contributed by atoms with E-state index < -0.39 is 0 Å². The predicted molar refractivity (Wildman–Crippen MR) is 89.6 cm³/mol. The van der Waals surface area contributed by atoms with Crippen LogP contribution in [0.3, 0.4) is 0 Å². The Morgan fingerprint density at radius 3 is 2.67 bits per heavy atom. The summed E-state index contributed by atoms with van der Waals surface area (Å²) >= 11 is 7.66. The highest BCUT2D eigenvalue weighted by Gasteiger charge is 2.32. The molecule has 1 fully saturated rings. The van der Waals surface area contributed by atoms with Crippen molar-refractivity contribution in [3.8, 4) is 5.75 Å². The van der Waals surface area contributed by atoms with E-state index in [0.717, 1.165) is 10.1 Å². The molecular formula is C17H20ClNOS. The summed E-state index contributed by atoms with van der Waals surface area (Å²) in [6, 6.07) is 13.4. The maximum absolute atomic E-state index is 6.00. The van der Waals surface area contributed by atoms with Gasteiger partial charge in [-0.2, -0.15) is 0 Å². The Bertz CT molecular complexity index is 606. The van der Waals surface area contributed by atoms with E-state index >= 15 is 0 Å². The third-order valence-electron chi connectivity index (χ3n) is 4.22. The Balaban J connectivity index is 1.56. The molecule has 1 aliphatic rings. The van der Waals surface area contributed by atoms with Gasteiger partial charge in [0, 0.05) is 17.0 Å². The van der Waals surface area contributed by atoms with Crippen LogP contribution in [0, 0.1) is 0 Å². The smallest absolute Gasteiger partial charge is 0.122 e. The van der Waals surface area contributed by atoms with Crippen LogP contribution in [0.15, 0.2) is 36.4 Å². The monoisotopic (exact) mass is 321 g/mol. The number of benzene rings is 1. The zero-order chi connectivity index (χ0) is 14.8. The highest BCUT2D eigenvalue weighted by Crippen LogP contribution is 2.42. The topological polar surface area (TPSA) is 21.3 Å². The fourth-order valence-corrected chi connectivity index (χ4v) is 4.08. The standard InChI is InChI=1S/C17H20ClNOS/c1-11(16-7-8-17(18)21-16)19-13-9-12(10-13)14-5-3-4-6-15(14)20-2/h3-8,11-13,19H,9-10H2,1-2H3. The molecule has 1 heterocycles. The van der Waals surface area contributed by atoms with E-state index in [1.54, 1.807) is 18.4 Å². The maximum Gasteiger partial charge on any atom is 0.122 e. The van der Waals surface area contributed by atoms with Crippen molar-refractivity contribution in [1.29, 1.82) is 0 Å². The van der Waals surface area contributed by atoms with Gasteiger partial charge in [0.25, 0.3) is 0 Å². The lowest BCUT2D eigenvalue weighted by atomic mass is 9.75. The fourth-order valence-electron chi connectivity index (χ4n) is 3.01. The minimum Gasteiger partial charge on any atom is -0.496 e. The Labute approximate surface area is 135 Å². The molecule has 2 nitrogen and oxygen atoms in total. The molecule has 0 amide bonds. The summed E-state index contributed by atoms with van der Waals surface area (Å²) in [6.07, 6.45) is 2.34. The Hall–Kier alpha value is -1.03. The molecule has 4 heteroatoms. The molecule has 0 bridgehead atoms. The fraction of sp³-hybridized carbons (Fsp3) is 0.412. The number of para-hydroxylation sites is 1. The number of nitrogens with one attached hydrogen (secondary N) is 1. The summed E-state index contributed by atoms with van der Waals surface area (Å²) in [5.74, 6) is 1.62. The SMILES string of the molecule is COc1ccccc1C1CC(NC(C)c2ccc(Cl)s2)C1. The first-order valence-corrected chi connectivity index (χ1v) is 8.51. The normalized spacial score (nSPS) is 22.6. The first kappa shape index (κ1) is 14.9. The van der Waals surface area contributed by atoms with Gasteiger partial charge in [-0.25, -0.2) is 0 Å². The first-order chi connectivity index (χ1) is 10.2. The third-order valence-corrected chi connectivity index (χ3v) is 5.64. The first-order valence-electron chi connectivity index (χ1n) is 7.31. The summed E-state index contributed by atoms with van der Waals surface area (Å²) in [4.78, 5) is 1.31. The van der Waals surface area contributed by atoms with Crippen molar-refractivity contribution in [2.75, 3.05) is 7.11 Å². The van der Waals surface area contributed by atoms with Gasteiger partial charge >= 0.3 is 0 Å². The molecule has 0 radical (unpaired) electrons. The van der Waals surface area contributed by atoms with Crippen molar-refractivity contribution in [1.82, 2.24) is 5.32 Å². The summed E-state index contributed by atoms with van der Waals surface area (Å²) in [7, 11) is 1.75. The largest absolute Gasteiger partial charge is 0.496 e. The zero-order valence-corrected chi connectivity index (χ0v) is 13.9. The number of methoxy groups -OCH3 is 1. The Kier molecular flexibility index (Phi) is 4.53. The van der Waals surface area contributed by atoms with E-state index in [0.29, 0.717) is 18.0 Å². The van der Waals surface area contributed by atoms with Gasteiger partial charge in [0.1, 0.15) is 5.75 Å².